The van der Waals surface area contributed by atoms with Gasteiger partial charge in [-0.1, -0.05) is 32.6 Å². The minimum Gasteiger partial charge on any atom is -0.493 e. The molecule has 0 unspecified atom stereocenters. The Morgan fingerprint density at radius 2 is 1.76 bits per heavy atom. The molecule has 0 aliphatic carbocycles. The van der Waals surface area contributed by atoms with Crippen LogP contribution in [0.4, 0.5) is 5.69 Å². The van der Waals surface area contributed by atoms with Crippen LogP contribution >= 0.6 is 0 Å². The second-order valence-corrected chi connectivity index (χ2v) is 8.33. The molecular weight excluding hydrogens is 362 g/mol. The number of hydrogen-bond donors (Lipinski definition) is 1. The average molecular weight is 396 g/mol. The maximum absolute atomic E-state index is 12.7. The molecule has 0 aliphatic rings. The van der Waals surface area contributed by atoms with Gasteiger partial charge in [0.2, 0.25) is 5.91 Å². The molecule has 4 heteroatoms. The van der Waals surface area contributed by atoms with Gasteiger partial charge >= 0.3 is 0 Å². The third-order valence-electron chi connectivity index (χ3n) is 4.76. The van der Waals surface area contributed by atoms with Gasteiger partial charge in [-0.05, 0) is 80.6 Å². The van der Waals surface area contributed by atoms with E-state index in [4.69, 9.17) is 9.47 Å². The van der Waals surface area contributed by atoms with Gasteiger partial charge in [0.05, 0.1) is 6.61 Å². The molecule has 1 N–H and O–H groups in total. The molecule has 0 heterocycles. The maximum atomic E-state index is 12.7. The van der Waals surface area contributed by atoms with E-state index in [9.17, 15) is 4.79 Å². The van der Waals surface area contributed by atoms with E-state index in [1.165, 1.54) is 5.56 Å². The molecule has 0 aromatic heterocycles. The number of ether oxygens (including phenoxy) is 2. The summed E-state index contributed by atoms with van der Waals surface area (Å²) in [6.45, 7) is 14.8. The van der Waals surface area contributed by atoms with Crippen LogP contribution in [-0.4, -0.2) is 19.1 Å². The highest BCUT2D eigenvalue weighted by Gasteiger charge is 2.27. The van der Waals surface area contributed by atoms with Crippen LogP contribution in [0.25, 0.3) is 0 Å². The molecule has 0 saturated carbocycles. The summed E-state index contributed by atoms with van der Waals surface area (Å²) >= 11 is 0. The third-order valence-corrected chi connectivity index (χ3v) is 4.76. The zero-order chi connectivity index (χ0) is 21.4. The van der Waals surface area contributed by atoms with Gasteiger partial charge in [-0.2, -0.15) is 0 Å². The Balaban J connectivity index is 1.81. The van der Waals surface area contributed by atoms with Crippen LogP contribution in [-0.2, 0) is 4.79 Å². The highest BCUT2D eigenvalue weighted by atomic mass is 16.5. The van der Waals surface area contributed by atoms with Gasteiger partial charge in [0, 0.05) is 11.1 Å². The van der Waals surface area contributed by atoms with Gasteiger partial charge in [-0.3, -0.25) is 4.79 Å². The molecule has 0 bridgehead atoms. The minimum atomic E-state index is -0.486. The molecule has 2 aromatic rings. The van der Waals surface area contributed by atoms with E-state index >= 15 is 0 Å². The second kappa shape index (κ2) is 10.1. The van der Waals surface area contributed by atoms with Gasteiger partial charge in [0.15, 0.2) is 0 Å². The number of carbonyl (C=O) groups excluding carboxylic acids is 1. The molecule has 2 aromatic carbocycles. The lowest BCUT2D eigenvalue weighted by atomic mass is 9.87. The lowest BCUT2D eigenvalue weighted by molar-refractivity contribution is -0.124. The fourth-order valence-corrected chi connectivity index (χ4v) is 2.81. The summed E-state index contributed by atoms with van der Waals surface area (Å²) in [5, 5.41) is 3.00. The van der Waals surface area contributed by atoms with E-state index in [1.54, 1.807) is 0 Å². The second-order valence-electron chi connectivity index (χ2n) is 8.33. The van der Waals surface area contributed by atoms with Crippen molar-refractivity contribution in [2.75, 3.05) is 18.5 Å². The van der Waals surface area contributed by atoms with Crippen molar-refractivity contribution in [2.24, 2.45) is 5.41 Å². The molecule has 29 heavy (non-hydrogen) atoms. The summed E-state index contributed by atoms with van der Waals surface area (Å²) in [5.41, 5.74) is 3.55. The predicted molar refractivity (Wildman–Crippen MR) is 120 cm³/mol. The molecule has 2 rings (SSSR count). The lowest BCUT2D eigenvalue weighted by Crippen LogP contribution is -2.31. The van der Waals surface area contributed by atoms with Crippen molar-refractivity contribution in [1.29, 1.82) is 0 Å². The first-order valence-corrected chi connectivity index (χ1v) is 10.1. The number of benzene rings is 2. The Morgan fingerprint density at radius 3 is 2.41 bits per heavy atom. The molecule has 0 spiro atoms. The summed E-state index contributed by atoms with van der Waals surface area (Å²) in [5.74, 6) is 1.68. The van der Waals surface area contributed by atoms with Crippen LogP contribution in [0.3, 0.4) is 0 Å². The van der Waals surface area contributed by atoms with Crippen LogP contribution < -0.4 is 14.8 Å². The van der Waals surface area contributed by atoms with Gasteiger partial charge in [0.1, 0.15) is 18.1 Å². The van der Waals surface area contributed by atoms with E-state index in [-0.39, 0.29) is 5.91 Å². The van der Waals surface area contributed by atoms with Crippen LogP contribution in [0.1, 0.15) is 44.7 Å². The molecular formula is C25H33NO3. The number of nitrogens with one attached hydrogen (secondary N) is 1. The monoisotopic (exact) mass is 395 g/mol. The Bertz CT molecular complexity index is 838. The van der Waals surface area contributed by atoms with Crippen molar-refractivity contribution in [1.82, 2.24) is 0 Å². The molecule has 0 aliphatic heterocycles. The largest absolute Gasteiger partial charge is 0.493 e. The zero-order valence-corrected chi connectivity index (χ0v) is 18.3. The predicted octanol–water partition coefficient (Wildman–Crippen LogP) is 6.08. The van der Waals surface area contributed by atoms with Crippen molar-refractivity contribution < 1.29 is 14.3 Å². The lowest BCUT2D eigenvalue weighted by Gasteiger charge is -2.24. The smallest absolute Gasteiger partial charge is 0.230 e. The number of rotatable bonds is 10. The number of aryl methyl sites for hydroxylation is 2. The summed E-state index contributed by atoms with van der Waals surface area (Å²) in [7, 11) is 0. The summed E-state index contributed by atoms with van der Waals surface area (Å²) < 4.78 is 11.5. The fourth-order valence-electron chi connectivity index (χ4n) is 2.81. The minimum absolute atomic E-state index is 0.000148. The first-order valence-electron chi connectivity index (χ1n) is 10.1. The van der Waals surface area contributed by atoms with E-state index < -0.39 is 5.41 Å². The van der Waals surface area contributed by atoms with Crippen LogP contribution in [0, 0.1) is 19.3 Å². The molecule has 0 saturated heterocycles. The standard InChI is InChI=1S/C25H33NO3/c1-18(2)17-29-22-12-10-21(11-13-22)26-24(27)25(5,6)14-7-15-28-23-16-19(3)8-9-20(23)4/h8-13,16H,1,7,14-15,17H2,2-6H3,(H,26,27). The van der Waals surface area contributed by atoms with E-state index in [0.29, 0.717) is 13.2 Å². The van der Waals surface area contributed by atoms with Crippen LogP contribution in [0.5, 0.6) is 11.5 Å². The number of amides is 1. The molecule has 0 fully saturated rings. The first kappa shape index (κ1) is 22.5. The topological polar surface area (TPSA) is 47.6 Å². The summed E-state index contributed by atoms with van der Waals surface area (Å²) in [6.07, 6.45) is 1.55. The third kappa shape index (κ3) is 7.30. The first-order chi connectivity index (χ1) is 13.7. The Morgan fingerprint density at radius 1 is 1.07 bits per heavy atom. The molecule has 1 amide bonds. The highest BCUT2D eigenvalue weighted by molar-refractivity contribution is 5.94. The van der Waals surface area contributed by atoms with Gasteiger partial charge in [-0.15, -0.1) is 0 Å². The van der Waals surface area contributed by atoms with E-state index in [1.807, 2.05) is 52.0 Å². The molecule has 156 valence electrons. The highest BCUT2D eigenvalue weighted by Crippen LogP contribution is 2.26. The van der Waals surface area contributed by atoms with Gasteiger partial charge in [0.25, 0.3) is 0 Å². The van der Waals surface area contributed by atoms with Crippen LogP contribution in [0.2, 0.25) is 0 Å². The molecule has 4 nitrogen and oxygen atoms in total. The zero-order valence-electron chi connectivity index (χ0n) is 18.3. The van der Waals surface area contributed by atoms with Gasteiger partial charge in [-0.25, -0.2) is 0 Å². The quantitative estimate of drug-likeness (QED) is 0.391. The van der Waals surface area contributed by atoms with Crippen molar-refractivity contribution in [3.8, 4) is 11.5 Å². The van der Waals surface area contributed by atoms with Gasteiger partial charge < -0.3 is 14.8 Å². The van der Waals surface area contributed by atoms with E-state index in [2.05, 4.69) is 37.0 Å². The summed E-state index contributed by atoms with van der Waals surface area (Å²) in [6, 6.07) is 13.6. The van der Waals surface area contributed by atoms with Crippen LogP contribution in [0.15, 0.2) is 54.6 Å². The normalized spacial score (nSPS) is 11.1. The summed E-state index contributed by atoms with van der Waals surface area (Å²) in [4.78, 5) is 12.7. The SMILES string of the molecule is C=C(C)COc1ccc(NC(=O)C(C)(C)CCCOc2cc(C)ccc2C)cc1. The van der Waals surface area contributed by atoms with Crippen molar-refractivity contribution in [2.45, 2.75) is 47.5 Å². The number of anilines is 1. The van der Waals surface area contributed by atoms with Crippen molar-refractivity contribution in [3.05, 3.63) is 65.7 Å². The number of carbonyl (C=O) groups is 1. The van der Waals surface area contributed by atoms with E-state index in [0.717, 1.165) is 41.2 Å². The maximum Gasteiger partial charge on any atom is 0.230 e. The Hall–Kier alpha value is -2.75. The Labute approximate surface area is 174 Å². The Kier molecular flexibility index (Phi) is 7.89. The number of hydrogen-bond acceptors (Lipinski definition) is 3. The van der Waals surface area contributed by atoms with Crippen molar-refractivity contribution >= 4 is 11.6 Å². The fraction of sp³-hybridized carbons (Fsp3) is 0.400. The molecule has 0 atom stereocenters. The van der Waals surface area contributed by atoms with Crippen molar-refractivity contribution in [3.63, 3.8) is 0 Å². The molecule has 0 radical (unpaired) electrons. The average Bonchev–Trinajstić information content (AvgIpc) is 2.67.